The number of carbonyl (C=O) groups excluding carboxylic acids is 1. The van der Waals surface area contributed by atoms with Gasteiger partial charge in [-0.2, -0.15) is 0 Å². The molecule has 0 saturated carbocycles. The predicted molar refractivity (Wildman–Crippen MR) is 86.6 cm³/mol. The van der Waals surface area contributed by atoms with E-state index in [1.165, 1.54) is 0 Å². The second kappa shape index (κ2) is 5.15. The zero-order valence-corrected chi connectivity index (χ0v) is 13.8. The highest BCUT2D eigenvalue weighted by Crippen LogP contribution is 2.38. The van der Waals surface area contributed by atoms with Crippen LogP contribution in [0, 0.1) is 6.92 Å². The molecule has 2 aromatic rings. The summed E-state index contributed by atoms with van der Waals surface area (Å²) in [6, 6.07) is 5.50. The smallest absolute Gasteiger partial charge is 0.228 e. The summed E-state index contributed by atoms with van der Waals surface area (Å²) in [6.45, 7) is 2.03. The quantitative estimate of drug-likeness (QED) is 0.838. The summed E-state index contributed by atoms with van der Waals surface area (Å²) in [4.78, 5) is 12.5. The molecule has 1 aromatic heterocycles. The Morgan fingerprint density at radius 2 is 2.20 bits per heavy atom. The zero-order chi connectivity index (χ0) is 14.4. The van der Waals surface area contributed by atoms with E-state index in [9.17, 15) is 4.79 Å². The number of hydrogen-bond acceptors (Lipinski definition) is 3. The van der Waals surface area contributed by atoms with Crippen LogP contribution in [0.5, 0.6) is 0 Å². The van der Waals surface area contributed by atoms with Crippen molar-refractivity contribution in [3.63, 3.8) is 0 Å². The van der Waals surface area contributed by atoms with Crippen molar-refractivity contribution in [2.75, 3.05) is 5.32 Å². The number of anilines is 1. The minimum atomic E-state index is -0.279. The van der Waals surface area contributed by atoms with Gasteiger partial charge in [-0.3, -0.25) is 4.79 Å². The molecule has 1 unspecified atom stereocenters. The Morgan fingerprint density at radius 1 is 1.45 bits per heavy atom. The van der Waals surface area contributed by atoms with Gasteiger partial charge in [0.1, 0.15) is 0 Å². The standard InChI is InChI=1S/C14H12BrClN2OS/c1-6-2-11(20-14(6)15)13(17)8-3-7-4-12(19)18-10(7)5-9(8)16/h2-3,5,13H,4,17H2,1H3,(H,18,19). The minimum absolute atomic E-state index is 0.00324. The molecule has 104 valence electrons. The maximum atomic E-state index is 11.4. The first-order chi connectivity index (χ1) is 9.45. The van der Waals surface area contributed by atoms with Crippen LogP contribution in [-0.2, 0) is 11.2 Å². The molecule has 0 bridgehead atoms. The number of aryl methyl sites for hydroxylation is 1. The number of fused-ring (bicyclic) bond motifs is 1. The van der Waals surface area contributed by atoms with Crippen molar-refractivity contribution in [3.05, 3.63) is 48.6 Å². The van der Waals surface area contributed by atoms with E-state index in [4.69, 9.17) is 17.3 Å². The molecule has 0 spiro atoms. The summed E-state index contributed by atoms with van der Waals surface area (Å²) in [5.41, 5.74) is 10.1. The van der Waals surface area contributed by atoms with E-state index in [1.807, 2.05) is 13.0 Å². The fourth-order valence-electron chi connectivity index (χ4n) is 2.30. The molecular formula is C14H12BrClN2OS. The van der Waals surface area contributed by atoms with Gasteiger partial charge in [0.05, 0.1) is 16.2 Å². The molecule has 0 radical (unpaired) electrons. The van der Waals surface area contributed by atoms with E-state index in [1.54, 1.807) is 17.4 Å². The summed E-state index contributed by atoms with van der Waals surface area (Å²) in [6.07, 6.45) is 0.388. The molecule has 20 heavy (non-hydrogen) atoms. The molecule has 1 amide bonds. The summed E-state index contributed by atoms with van der Waals surface area (Å²) < 4.78 is 1.08. The van der Waals surface area contributed by atoms with Crippen LogP contribution in [0.15, 0.2) is 22.0 Å². The Kier molecular flexibility index (Phi) is 3.62. The highest BCUT2D eigenvalue weighted by molar-refractivity contribution is 9.11. The summed E-state index contributed by atoms with van der Waals surface area (Å²) in [5, 5.41) is 3.37. The van der Waals surface area contributed by atoms with Gasteiger partial charge in [0.15, 0.2) is 0 Å². The van der Waals surface area contributed by atoms with E-state index in [0.717, 1.165) is 31.0 Å². The summed E-state index contributed by atoms with van der Waals surface area (Å²) >= 11 is 11.4. The molecule has 3 nitrogen and oxygen atoms in total. The second-order valence-corrected chi connectivity index (χ2v) is 7.65. The van der Waals surface area contributed by atoms with Crippen LogP contribution in [-0.4, -0.2) is 5.91 Å². The molecule has 3 rings (SSSR count). The van der Waals surface area contributed by atoms with Crippen LogP contribution in [0.3, 0.4) is 0 Å². The third kappa shape index (κ3) is 2.39. The molecule has 0 saturated heterocycles. The lowest BCUT2D eigenvalue weighted by Gasteiger charge is -2.13. The minimum Gasteiger partial charge on any atom is -0.325 e. The number of rotatable bonds is 2. The van der Waals surface area contributed by atoms with Crippen molar-refractivity contribution >= 4 is 50.5 Å². The lowest BCUT2D eigenvalue weighted by Crippen LogP contribution is -2.11. The molecule has 3 N–H and O–H groups in total. The number of nitrogens with one attached hydrogen (secondary N) is 1. The number of hydrogen-bond donors (Lipinski definition) is 2. The van der Waals surface area contributed by atoms with Crippen LogP contribution < -0.4 is 11.1 Å². The number of thiophene rings is 1. The summed E-state index contributed by atoms with van der Waals surface area (Å²) in [7, 11) is 0. The number of halogens is 2. The van der Waals surface area contributed by atoms with Crippen LogP contribution in [0.2, 0.25) is 5.02 Å². The van der Waals surface area contributed by atoms with Gasteiger partial charge < -0.3 is 11.1 Å². The van der Waals surface area contributed by atoms with E-state index in [0.29, 0.717) is 11.4 Å². The Bertz CT molecular complexity index is 694. The van der Waals surface area contributed by atoms with Crippen molar-refractivity contribution < 1.29 is 4.79 Å². The molecule has 1 aliphatic rings. The van der Waals surface area contributed by atoms with Crippen LogP contribution in [0.1, 0.15) is 27.6 Å². The highest BCUT2D eigenvalue weighted by Gasteiger charge is 2.23. The monoisotopic (exact) mass is 370 g/mol. The second-order valence-electron chi connectivity index (χ2n) is 4.84. The first kappa shape index (κ1) is 14.1. The Labute approximate surface area is 134 Å². The van der Waals surface area contributed by atoms with E-state index in [-0.39, 0.29) is 11.9 Å². The number of amides is 1. The topological polar surface area (TPSA) is 55.1 Å². The van der Waals surface area contributed by atoms with Gasteiger partial charge in [-0.1, -0.05) is 11.6 Å². The molecule has 1 aromatic carbocycles. The van der Waals surface area contributed by atoms with Crippen LogP contribution in [0.25, 0.3) is 0 Å². The molecule has 0 aliphatic carbocycles. The Morgan fingerprint density at radius 3 is 2.85 bits per heavy atom. The van der Waals surface area contributed by atoms with Crippen molar-refractivity contribution in [1.82, 2.24) is 0 Å². The van der Waals surface area contributed by atoms with Crippen molar-refractivity contribution in [1.29, 1.82) is 0 Å². The van der Waals surface area contributed by atoms with Gasteiger partial charge in [-0.05, 0) is 57.7 Å². The van der Waals surface area contributed by atoms with Gasteiger partial charge in [0.2, 0.25) is 5.91 Å². The fraction of sp³-hybridized carbons (Fsp3) is 0.214. The van der Waals surface area contributed by atoms with E-state index >= 15 is 0 Å². The third-order valence-electron chi connectivity index (χ3n) is 3.37. The van der Waals surface area contributed by atoms with Crippen molar-refractivity contribution in [2.24, 2.45) is 5.73 Å². The average Bonchev–Trinajstić information content (AvgIpc) is 2.90. The predicted octanol–water partition coefficient (Wildman–Crippen LogP) is 4.02. The molecule has 2 heterocycles. The average molecular weight is 372 g/mol. The van der Waals surface area contributed by atoms with Gasteiger partial charge >= 0.3 is 0 Å². The first-order valence-electron chi connectivity index (χ1n) is 6.09. The lowest BCUT2D eigenvalue weighted by molar-refractivity contribution is -0.115. The van der Waals surface area contributed by atoms with Gasteiger partial charge in [-0.25, -0.2) is 0 Å². The van der Waals surface area contributed by atoms with Gasteiger partial charge in [-0.15, -0.1) is 11.3 Å². The number of carbonyl (C=O) groups is 1. The number of benzene rings is 1. The van der Waals surface area contributed by atoms with E-state index in [2.05, 4.69) is 27.3 Å². The Balaban J connectivity index is 2.02. The first-order valence-corrected chi connectivity index (χ1v) is 8.08. The van der Waals surface area contributed by atoms with Gasteiger partial charge in [0, 0.05) is 15.6 Å². The fourth-order valence-corrected chi connectivity index (χ4v) is 4.17. The van der Waals surface area contributed by atoms with Gasteiger partial charge in [0.25, 0.3) is 0 Å². The molecule has 1 atom stereocenters. The van der Waals surface area contributed by atoms with Crippen LogP contribution >= 0.6 is 38.9 Å². The SMILES string of the molecule is Cc1cc(C(N)c2cc3c(cc2Cl)NC(=O)C3)sc1Br. The molecule has 1 aliphatic heterocycles. The van der Waals surface area contributed by atoms with Crippen LogP contribution in [0.4, 0.5) is 5.69 Å². The lowest BCUT2D eigenvalue weighted by atomic mass is 10.0. The van der Waals surface area contributed by atoms with Crippen molar-refractivity contribution in [3.8, 4) is 0 Å². The van der Waals surface area contributed by atoms with Crippen molar-refractivity contribution in [2.45, 2.75) is 19.4 Å². The zero-order valence-electron chi connectivity index (χ0n) is 10.7. The van der Waals surface area contributed by atoms with E-state index < -0.39 is 0 Å². The number of nitrogens with two attached hydrogens (primary N) is 1. The molecular weight excluding hydrogens is 360 g/mol. The normalized spacial score (nSPS) is 15.1. The highest BCUT2D eigenvalue weighted by atomic mass is 79.9. The third-order valence-corrected chi connectivity index (χ3v) is 5.91. The largest absolute Gasteiger partial charge is 0.325 e. The molecule has 0 fully saturated rings. The molecule has 6 heteroatoms. The maximum Gasteiger partial charge on any atom is 0.228 e. The Hall–Kier alpha value is -0.880. The summed E-state index contributed by atoms with van der Waals surface area (Å²) in [5.74, 6) is -0.00324. The maximum absolute atomic E-state index is 11.4.